The molecular formula is C36H61N. The van der Waals surface area contributed by atoms with Gasteiger partial charge in [-0.1, -0.05) is 80.9 Å². The Balaban J connectivity index is 0.000000750. The minimum atomic E-state index is 0. The highest BCUT2D eigenvalue weighted by Gasteiger charge is 2.57. The maximum atomic E-state index is 9.22. The largest absolute Gasteiger partial charge is 0.192 e. The van der Waals surface area contributed by atoms with E-state index in [1.165, 1.54) is 82.6 Å². The second kappa shape index (κ2) is 14.2. The van der Waals surface area contributed by atoms with Gasteiger partial charge in [0.1, 0.15) is 0 Å². The summed E-state index contributed by atoms with van der Waals surface area (Å²) in [4.78, 5) is 0. The van der Waals surface area contributed by atoms with Crippen molar-refractivity contribution in [1.29, 1.82) is 5.26 Å². The average Bonchev–Trinajstić information content (AvgIpc) is 3.25. The van der Waals surface area contributed by atoms with Crippen LogP contribution in [0.25, 0.3) is 0 Å². The Morgan fingerprint density at radius 1 is 0.892 bits per heavy atom. The fourth-order valence-electron chi connectivity index (χ4n) is 9.23. The number of aryl methyl sites for hydroxylation is 1. The van der Waals surface area contributed by atoms with Crippen molar-refractivity contribution in [2.45, 2.75) is 139 Å². The van der Waals surface area contributed by atoms with E-state index in [1.54, 1.807) is 0 Å². The van der Waals surface area contributed by atoms with Crippen LogP contribution in [-0.4, -0.2) is 0 Å². The van der Waals surface area contributed by atoms with Crippen LogP contribution in [0, 0.1) is 57.7 Å². The van der Waals surface area contributed by atoms with Crippen LogP contribution in [-0.2, 0) is 6.42 Å². The number of fused-ring (bicyclic) bond motifs is 5. The molecule has 0 bridgehead atoms. The van der Waals surface area contributed by atoms with Gasteiger partial charge in [0.15, 0.2) is 0 Å². The summed E-state index contributed by atoms with van der Waals surface area (Å²) in [5, 5.41) is 9.22. The second-order valence-electron chi connectivity index (χ2n) is 13.2. The van der Waals surface area contributed by atoms with Gasteiger partial charge in [0.2, 0.25) is 0 Å². The number of nitriles is 1. The molecule has 0 aromatic heterocycles. The summed E-state index contributed by atoms with van der Waals surface area (Å²) in [6.07, 6.45) is 18.6. The van der Waals surface area contributed by atoms with Crippen molar-refractivity contribution in [3.63, 3.8) is 0 Å². The molecule has 210 valence electrons. The summed E-state index contributed by atoms with van der Waals surface area (Å²) >= 11 is 0. The van der Waals surface area contributed by atoms with Crippen molar-refractivity contribution in [3.8, 4) is 6.07 Å². The van der Waals surface area contributed by atoms with Crippen molar-refractivity contribution < 1.29 is 0 Å². The van der Waals surface area contributed by atoms with E-state index < -0.39 is 0 Å². The standard InChI is InChI=1S/C30H43N.C3H8.C2H6.CH4/c1-4-29(2)16-14-25-23(19-29)9-12-27-26(25)15-17-30(3)24(11-13-28(27)30)10-8-21-6-5-7-22(18-21)20-31;1-3-2;1-2;/h5-7,18,23-28H,4,8-17,19H2,1-3H3;3H2,1-2H3;1-2H3;1H4/t23?,24?,25?,26?,27?,28?,29-,30?;;;/m0.../s1. The van der Waals surface area contributed by atoms with E-state index in [2.05, 4.69) is 58.9 Å². The molecule has 1 aromatic carbocycles. The van der Waals surface area contributed by atoms with E-state index >= 15 is 0 Å². The summed E-state index contributed by atoms with van der Waals surface area (Å²) in [6.45, 7) is 15.9. The van der Waals surface area contributed by atoms with Gasteiger partial charge in [0.05, 0.1) is 11.6 Å². The lowest BCUT2D eigenvalue weighted by atomic mass is 9.48. The number of hydrogen-bond acceptors (Lipinski definition) is 1. The van der Waals surface area contributed by atoms with Crippen LogP contribution in [0.4, 0.5) is 0 Å². The molecule has 0 spiro atoms. The minimum Gasteiger partial charge on any atom is -0.192 e. The quantitative estimate of drug-likeness (QED) is 0.397. The lowest BCUT2D eigenvalue weighted by Gasteiger charge is -2.57. The van der Waals surface area contributed by atoms with Gasteiger partial charge < -0.3 is 0 Å². The topological polar surface area (TPSA) is 23.8 Å². The zero-order chi connectivity index (χ0) is 26.3. The first-order valence-electron chi connectivity index (χ1n) is 15.9. The molecule has 4 saturated carbocycles. The zero-order valence-corrected chi connectivity index (χ0v) is 24.9. The van der Waals surface area contributed by atoms with Crippen LogP contribution in [0.1, 0.15) is 144 Å². The van der Waals surface area contributed by atoms with Gasteiger partial charge in [-0.3, -0.25) is 0 Å². The molecule has 0 N–H and O–H groups in total. The van der Waals surface area contributed by atoms with E-state index in [1.807, 2.05) is 19.9 Å². The molecule has 0 radical (unpaired) electrons. The number of rotatable bonds is 4. The first-order chi connectivity index (χ1) is 17.4. The SMILES string of the molecule is C.CC.CCC.CC[C@@]1(C)CCC2C(CCC3C2CCC2(C)C(CCc4cccc(C#N)c4)CCC32)C1. The Morgan fingerprint density at radius 2 is 1.59 bits per heavy atom. The van der Waals surface area contributed by atoms with Crippen LogP contribution >= 0.6 is 0 Å². The third-order valence-corrected chi connectivity index (χ3v) is 11.2. The molecule has 1 heteroatoms. The lowest BCUT2D eigenvalue weighted by molar-refractivity contribution is -0.0788. The van der Waals surface area contributed by atoms with Crippen LogP contribution in [0.15, 0.2) is 24.3 Å². The van der Waals surface area contributed by atoms with Crippen molar-refractivity contribution in [2.24, 2.45) is 46.3 Å². The number of nitrogens with zero attached hydrogens (tertiary/aromatic N) is 1. The normalized spacial score (nSPS) is 37.6. The summed E-state index contributed by atoms with van der Waals surface area (Å²) in [5.74, 6) is 6.03. The van der Waals surface area contributed by atoms with Crippen molar-refractivity contribution in [1.82, 2.24) is 0 Å². The Kier molecular flexibility index (Phi) is 12.2. The maximum Gasteiger partial charge on any atom is 0.0991 e. The van der Waals surface area contributed by atoms with E-state index in [4.69, 9.17) is 0 Å². The highest BCUT2D eigenvalue weighted by molar-refractivity contribution is 5.32. The summed E-state index contributed by atoms with van der Waals surface area (Å²) in [7, 11) is 0. The third kappa shape index (κ3) is 6.84. The van der Waals surface area contributed by atoms with Gasteiger partial charge in [-0.05, 0) is 135 Å². The predicted molar refractivity (Wildman–Crippen MR) is 163 cm³/mol. The minimum absolute atomic E-state index is 0. The smallest absolute Gasteiger partial charge is 0.0991 e. The molecule has 0 amide bonds. The maximum absolute atomic E-state index is 9.22. The van der Waals surface area contributed by atoms with E-state index in [-0.39, 0.29) is 7.43 Å². The van der Waals surface area contributed by atoms with Gasteiger partial charge in [-0.2, -0.15) is 5.26 Å². The van der Waals surface area contributed by atoms with E-state index in [0.29, 0.717) is 10.8 Å². The molecule has 37 heavy (non-hydrogen) atoms. The first-order valence-corrected chi connectivity index (χ1v) is 15.9. The Bertz CT molecular complexity index is 850. The second-order valence-corrected chi connectivity index (χ2v) is 13.2. The van der Waals surface area contributed by atoms with Gasteiger partial charge in [-0.15, -0.1) is 0 Å². The monoisotopic (exact) mass is 507 g/mol. The van der Waals surface area contributed by atoms with Crippen LogP contribution in [0.2, 0.25) is 0 Å². The fraction of sp³-hybridized carbons (Fsp3) is 0.806. The molecule has 4 fully saturated rings. The van der Waals surface area contributed by atoms with Gasteiger partial charge >= 0.3 is 0 Å². The van der Waals surface area contributed by atoms with Crippen LogP contribution < -0.4 is 0 Å². The average molecular weight is 508 g/mol. The van der Waals surface area contributed by atoms with E-state index in [9.17, 15) is 5.26 Å². The van der Waals surface area contributed by atoms with Gasteiger partial charge in [-0.25, -0.2) is 0 Å². The Labute approximate surface area is 232 Å². The van der Waals surface area contributed by atoms with Crippen molar-refractivity contribution in [2.75, 3.05) is 0 Å². The van der Waals surface area contributed by atoms with Crippen LogP contribution in [0.3, 0.4) is 0 Å². The molecule has 0 aliphatic heterocycles. The molecular weight excluding hydrogens is 446 g/mol. The molecule has 7 unspecified atom stereocenters. The molecule has 4 aliphatic carbocycles. The molecule has 1 nitrogen and oxygen atoms in total. The lowest BCUT2D eigenvalue weighted by Crippen LogP contribution is -2.49. The molecule has 1 aromatic rings. The zero-order valence-electron chi connectivity index (χ0n) is 24.9. The third-order valence-electron chi connectivity index (χ3n) is 11.2. The molecule has 5 rings (SSSR count). The van der Waals surface area contributed by atoms with Gasteiger partial charge in [0.25, 0.3) is 0 Å². The Morgan fingerprint density at radius 3 is 2.27 bits per heavy atom. The van der Waals surface area contributed by atoms with Crippen LogP contribution in [0.5, 0.6) is 0 Å². The predicted octanol–water partition coefficient (Wildman–Crippen LogP) is 11.3. The van der Waals surface area contributed by atoms with Crippen molar-refractivity contribution >= 4 is 0 Å². The number of benzene rings is 1. The summed E-state index contributed by atoms with van der Waals surface area (Å²) in [5.41, 5.74) is 3.39. The Hall–Kier alpha value is -1.29. The first kappa shape index (κ1) is 31.9. The van der Waals surface area contributed by atoms with Gasteiger partial charge in [0, 0.05) is 0 Å². The highest BCUT2D eigenvalue weighted by Crippen LogP contribution is 2.65. The highest BCUT2D eigenvalue weighted by atomic mass is 14.6. The molecule has 0 heterocycles. The summed E-state index contributed by atoms with van der Waals surface area (Å²) < 4.78 is 0. The number of hydrogen-bond donors (Lipinski definition) is 0. The van der Waals surface area contributed by atoms with Crippen molar-refractivity contribution in [3.05, 3.63) is 35.4 Å². The molecule has 8 atom stereocenters. The fourth-order valence-corrected chi connectivity index (χ4v) is 9.23. The molecule has 4 aliphatic rings. The molecule has 0 saturated heterocycles. The summed E-state index contributed by atoms with van der Waals surface area (Å²) in [6, 6.07) is 10.6. The van der Waals surface area contributed by atoms with E-state index in [0.717, 1.165) is 47.5 Å².